The lowest BCUT2D eigenvalue weighted by molar-refractivity contribution is 0.162. The molecule has 1 aromatic rings. The summed E-state index contributed by atoms with van der Waals surface area (Å²) in [6.07, 6.45) is 4.87. The molecule has 0 saturated heterocycles. The molecule has 2 rings (SSSR count). The van der Waals surface area contributed by atoms with Crippen molar-refractivity contribution in [1.29, 1.82) is 0 Å². The van der Waals surface area contributed by atoms with E-state index in [-0.39, 0.29) is 12.0 Å². The van der Waals surface area contributed by atoms with Gasteiger partial charge in [-0.25, -0.2) is 0 Å². The number of aliphatic hydroxyl groups is 1. The number of aliphatic hydroxyl groups excluding tert-OH is 1. The second kappa shape index (κ2) is 3.70. The van der Waals surface area contributed by atoms with Crippen molar-refractivity contribution in [1.82, 2.24) is 4.98 Å². The highest BCUT2D eigenvalue weighted by Gasteiger charge is 2.27. The van der Waals surface area contributed by atoms with Crippen LogP contribution >= 0.6 is 0 Å². The molecule has 2 heteroatoms. The number of hydrogen-bond acceptors (Lipinski definition) is 2. The minimum Gasteiger partial charge on any atom is -0.392 e. The van der Waals surface area contributed by atoms with E-state index in [1.807, 2.05) is 6.20 Å². The van der Waals surface area contributed by atoms with Crippen molar-refractivity contribution in [3.63, 3.8) is 0 Å². The van der Waals surface area contributed by atoms with Gasteiger partial charge in [0, 0.05) is 17.8 Å². The van der Waals surface area contributed by atoms with Gasteiger partial charge in [-0.15, -0.1) is 0 Å². The van der Waals surface area contributed by atoms with Crippen molar-refractivity contribution in [3.05, 3.63) is 29.1 Å². The largest absolute Gasteiger partial charge is 0.392 e. The molecule has 2 nitrogen and oxygen atoms in total. The highest BCUT2D eigenvalue weighted by atomic mass is 16.3. The van der Waals surface area contributed by atoms with Gasteiger partial charge in [0.2, 0.25) is 0 Å². The molecule has 1 N–H and O–H groups in total. The summed E-state index contributed by atoms with van der Waals surface area (Å²) in [6, 6.07) is 2.12. The van der Waals surface area contributed by atoms with Crippen LogP contribution in [0.15, 0.2) is 12.3 Å². The molecule has 2 unspecified atom stereocenters. The molecule has 1 fully saturated rings. The van der Waals surface area contributed by atoms with E-state index in [1.165, 1.54) is 11.1 Å². The molecule has 14 heavy (non-hydrogen) atoms. The van der Waals surface area contributed by atoms with Crippen LogP contribution in [0.1, 0.15) is 42.0 Å². The van der Waals surface area contributed by atoms with Gasteiger partial charge in [0.25, 0.3) is 0 Å². The number of hydrogen-bond donors (Lipinski definition) is 1. The van der Waals surface area contributed by atoms with Crippen LogP contribution in [0.3, 0.4) is 0 Å². The minimum atomic E-state index is -0.176. The molecule has 2 atom stereocenters. The molecular formula is C12H17NO. The summed E-state index contributed by atoms with van der Waals surface area (Å²) in [4.78, 5) is 4.41. The first-order valence-electron chi connectivity index (χ1n) is 5.29. The van der Waals surface area contributed by atoms with Gasteiger partial charge in [-0.1, -0.05) is 6.42 Å². The third kappa shape index (κ3) is 1.67. The number of pyridine rings is 1. The second-order valence-electron chi connectivity index (χ2n) is 4.30. The standard InChI is InChI=1S/C12H17NO/c1-8-6-11(13-7-9(8)2)10-4-3-5-12(10)14/h6-7,10,12,14H,3-5H2,1-2H3. The zero-order valence-corrected chi connectivity index (χ0v) is 8.83. The Morgan fingerprint density at radius 1 is 1.29 bits per heavy atom. The fraction of sp³-hybridized carbons (Fsp3) is 0.583. The van der Waals surface area contributed by atoms with Crippen molar-refractivity contribution >= 4 is 0 Å². The smallest absolute Gasteiger partial charge is 0.0623 e. The molecule has 0 amide bonds. The zero-order valence-electron chi connectivity index (χ0n) is 8.83. The monoisotopic (exact) mass is 191 g/mol. The van der Waals surface area contributed by atoms with Crippen LogP contribution in [0.5, 0.6) is 0 Å². The summed E-state index contributed by atoms with van der Waals surface area (Å²) < 4.78 is 0. The molecule has 1 saturated carbocycles. The Morgan fingerprint density at radius 2 is 2.07 bits per heavy atom. The molecule has 1 heterocycles. The quantitative estimate of drug-likeness (QED) is 0.739. The lowest BCUT2D eigenvalue weighted by Crippen LogP contribution is -2.12. The van der Waals surface area contributed by atoms with E-state index in [2.05, 4.69) is 24.9 Å². The normalized spacial score (nSPS) is 26.8. The van der Waals surface area contributed by atoms with E-state index in [1.54, 1.807) is 0 Å². The Balaban J connectivity index is 2.28. The number of aryl methyl sites for hydroxylation is 2. The summed E-state index contributed by atoms with van der Waals surface area (Å²) in [7, 11) is 0. The first-order valence-corrected chi connectivity index (χ1v) is 5.29. The Morgan fingerprint density at radius 3 is 2.64 bits per heavy atom. The topological polar surface area (TPSA) is 33.1 Å². The van der Waals surface area contributed by atoms with E-state index >= 15 is 0 Å². The average molecular weight is 191 g/mol. The Labute approximate surface area is 85.0 Å². The molecule has 0 radical (unpaired) electrons. The molecule has 0 spiro atoms. The zero-order chi connectivity index (χ0) is 10.1. The van der Waals surface area contributed by atoms with Crippen molar-refractivity contribution in [2.45, 2.75) is 45.1 Å². The highest BCUT2D eigenvalue weighted by Crippen LogP contribution is 2.33. The SMILES string of the molecule is Cc1cnc(C2CCCC2O)cc1C. The van der Waals surface area contributed by atoms with Gasteiger partial charge in [-0.3, -0.25) is 4.98 Å². The maximum atomic E-state index is 9.76. The van der Waals surface area contributed by atoms with Gasteiger partial charge in [0.05, 0.1) is 6.10 Å². The minimum absolute atomic E-state index is 0.176. The molecule has 1 aliphatic carbocycles. The fourth-order valence-electron chi connectivity index (χ4n) is 2.13. The van der Waals surface area contributed by atoms with E-state index in [4.69, 9.17) is 0 Å². The molecule has 1 aliphatic rings. The van der Waals surface area contributed by atoms with Gasteiger partial charge in [0.1, 0.15) is 0 Å². The van der Waals surface area contributed by atoms with Crippen LogP contribution in [-0.4, -0.2) is 16.2 Å². The van der Waals surface area contributed by atoms with E-state index < -0.39 is 0 Å². The summed E-state index contributed by atoms with van der Waals surface area (Å²) in [5, 5.41) is 9.76. The third-order valence-corrected chi connectivity index (χ3v) is 3.25. The lowest BCUT2D eigenvalue weighted by Gasteiger charge is -2.14. The van der Waals surface area contributed by atoms with Crippen LogP contribution in [-0.2, 0) is 0 Å². The predicted molar refractivity (Wildman–Crippen MR) is 56.3 cm³/mol. The van der Waals surface area contributed by atoms with E-state index in [9.17, 15) is 5.11 Å². The number of aromatic nitrogens is 1. The average Bonchev–Trinajstić information content (AvgIpc) is 2.57. The van der Waals surface area contributed by atoms with Crippen molar-refractivity contribution in [2.75, 3.05) is 0 Å². The predicted octanol–water partition coefficient (Wildman–Crippen LogP) is 2.33. The van der Waals surface area contributed by atoms with Crippen molar-refractivity contribution < 1.29 is 5.11 Å². The van der Waals surface area contributed by atoms with Crippen LogP contribution < -0.4 is 0 Å². The first-order chi connectivity index (χ1) is 6.68. The van der Waals surface area contributed by atoms with Crippen LogP contribution in [0.25, 0.3) is 0 Å². The van der Waals surface area contributed by atoms with Gasteiger partial charge in [-0.05, 0) is 43.9 Å². The number of nitrogens with zero attached hydrogens (tertiary/aromatic N) is 1. The maximum Gasteiger partial charge on any atom is 0.0623 e. The molecular weight excluding hydrogens is 174 g/mol. The molecule has 0 aliphatic heterocycles. The van der Waals surface area contributed by atoms with Crippen LogP contribution in [0.4, 0.5) is 0 Å². The molecule has 76 valence electrons. The Kier molecular flexibility index (Phi) is 2.55. The summed E-state index contributed by atoms with van der Waals surface area (Å²) in [5.74, 6) is 0.272. The van der Waals surface area contributed by atoms with Gasteiger partial charge < -0.3 is 5.11 Å². The Hall–Kier alpha value is -0.890. The van der Waals surface area contributed by atoms with Gasteiger partial charge >= 0.3 is 0 Å². The van der Waals surface area contributed by atoms with Crippen molar-refractivity contribution in [3.8, 4) is 0 Å². The van der Waals surface area contributed by atoms with Crippen molar-refractivity contribution in [2.24, 2.45) is 0 Å². The first kappa shape index (κ1) is 9.66. The Bertz CT molecular complexity index is 335. The van der Waals surface area contributed by atoms with Gasteiger partial charge in [0.15, 0.2) is 0 Å². The van der Waals surface area contributed by atoms with E-state index in [0.717, 1.165) is 25.0 Å². The molecule has 0 bridgehead atoms. The highest BCUT2D eigenvalue weighted by molar-refractivity contribution is 5.26. The van der Waals surface area contributed by atoms with Crippen LogP contribution in [0.2, 0.25) is 0 Å². The fourth-order valence-corrected chi connectivity index (χ4v) is 2.13. The maximum absolute atomic E-state index is 9.76. The summed E-state index contributed by atoms with van der Waals surface area (Å²) in [5.41, 5.74) is 3.56. The summed E-state index contributed by atoms with van der Waals surface area (Å²) >= 11 is 0. The van der Waals surface area contributed by atoms with Gasteiger partial charge in [-0.2, -0.15) is 0 Å². The number of rotatable bonds is 1. The molecule has 0 aromatic carbocycles. The second-order valence-corrected chi connectivity index (χ2v) is 4.30. The summed E-state index contributed by atoms with van der Waals surface area (Å²) in [6.45, 7) is 4.17. The molecule has 1 aromatic heterocycles. The third-order valence-electron chi connectivity index (χ3n) is 3.25. The van der Waals surface area contributed by atoms with E-state index in [0.29, 0.717) is 0 Å². The lowest BCUT2D eigenvalue weighted by atomic mass is 9.99. The van der Waals surface area contributed by atoms with Crippen LogP contribution in [0, 0.1) is 13.8 Å².